The summed E-state index contributed by atoms with van der Waals surface area (Å²) in [4.78, 5) is 7.08. The number of fused-ring (bicyclic) bond motifs is 14. The molecule has 2 aliphatic heterocycles. The molecule has 79 heavy (non-hydrogen) atoms. The van der Waals surface area contributed by atoms with Gasteiger partial charge in [-0.1, -0.05) is 130 Å². The minimum atomic E-state index is -0.194. The van der Waals surface area contributed by atoms with E-state index in [2.05, 4.69) is 284 Å². The van der Waals surface area contributed by atoms with Crippen LogP contribution in [0.4, 0.5) is 51.2 Å². The van der Waals surface area contributed by atoms with Crippen LogP contribution in [0.3, 0.4) is 0 Å². The smallest absolute Gasteiger partial charge is 0.256 e. The third kappa shape index (κ3) is 7.05. The third-order valence-corrected chi connectivity index (χ3v) is 16.3. The maximum atomic E-state index is 7.18. The monoisotopic (exact) mass is 1020 g/mol. The molecule has 0 N–H and O–H groups in total. The van der Waals surface area contributed by atoms with E-state index < -0.39 is 0 Å². The number of nitrogens with zero attached hydrogens (tertiary/aromatic N) is 3. The van der Waals surface area contributed by atoms with Crippen LogP contribution < -0.4 is 35.8 Å². The van der Waals surface area contributed by atoms with Gasteiger partial charge in [0.1, 0.15) is 33.8 Å². The molecular formula is C72H50BN3O3. The number of hydrogen-bond donors (Lipinski definition) is 0. The second kappa shape index (κ2) is 17.3. The first-order valence-corrected chi connectivity index (χ1v) is 27.2. The summed E-state index contributed by atoms with van der Waals surface area (Å²) in [5.74, 6) is 1.67. The molecule has 4 heterocycles. The van der Waals surface area contributed by atoms with Crippen LogP contribution in [0.1, 0.15) is 26.3 Å². The van der Waals surface area contributed by atoms with E-state index >= 15 is 0 Å². The molecule has 7 heteroatoms. The Balaban J connectivity index is 0.878. The molecule has 12 aromatic carbocycles. The van der Waals surface area contributed by atoms with Gasteiger partial charge in [-0.15, -0.1) is 0 Å². The van der Waals surface area contributed by atoms with Crippen LogP contribution in [0.2, 0.25) is 0 Å². The van der Waals surface area contributed by atoms with Crippen LogP contribution in [-0.4, -0.2) is 6.71 Å². The van der Waals surface area contributed by atoms with Crippen molar-refractivity contribution in [3.8, 4) is 11.5 Å². The molecular weight excluding hydrogens is 966 g/mol. The molecule has 0 aliphatic carbocycles. The first-order chi connectivity index (χ1) is 38.8. The van der Waals surface area contributed by atoms with Crippen molar-refractivity contribution in [1.82, 2.24) is 0 Å². The Kier molecular flexibility index (Phi) is 9.89. The predicted octanol–water partition coefficient (Wildman–Crippen LogP) is 18.4. The summed E-state index contributed by atoms with van der Waals surface area (Å²) in [6.45, 7) is 6.70. The number of furan rings is 2. The Bertz CT molecular complexity index is 4680. The van der Waals surface area contributed by atoms with E-state index in [1.165, 1.54) is 5.56 Å². The molecule has 0 fully saturated rings. The van der Waals surface area contributed by atoms with Gasteiger partial charge in [-0.05, 0) is 178 Å². The Morgan fingerprint density at radius 3 is 1.35 bits per heavy atom. The van der Waals surface area contributed by atoms with Crippen LogP contribution in [0.25, 0.3) is 65.4 Å². The summed E-state index contributed by atoms with van der Waals surface area (Å²) in [6, 6.07) is 89.0. The summed E-state index contributed by atoms with van der Waals surface area (Å²) >= 11 is 0. The Morgan fingerprint density at radius 1 is 0.354 bits per heavy atom. The van der Waals surface area contributed by atoms with Gasteiger partial charge in [0.15, 0.2) is 0 Å². The summed E-state index contributed by atoms with van der Waals surface area (Å²) in [5, 5.41) is 8.53. The first kappa shape index (κ1) is 45.2. The molecule has 0 bridgehead atoms. The van der Waals surface area contributed by atoms with Crippen molar-refractivity contribution in [3.63, 3.8) is 0 Å². The normalized spacial score (nSPS) is 12.8. The zero-order chi connectivity index (χ0) is 52.5. The van der Waals surface area contributed by atoms with Crippen LogP contribution in [0, 0.1) is 0 Å². The molecule has 0 saturated carbocycles. The second-order valence-corrected chi connectivity index (χ2v) is 22.0. The largest absolute Gasteiger partial charge is 0.458 e. The lowest BCUT2D eigenvalue weighted by atomic mass is 9.34. The molecule has 0 unspecified atom stereocenters. The van der Waals surface area contributed by atoms with Crippen molar-refractivity contribution in [3.05, 3.63) is 254 Å². The summed E-state index contributed by atoms with van der Waals surface area (Å²) < 4.78 is 21.4. The average molecular weight is 1020 g/mol. The number of para-hydroxylation sites is 5. The Morgan fingerprint density at radius 2 is 0.823 bits per heavy atom. The molecule has 374 valence electrons. The van der Waals surface area contributed by atoms with Gasteiger partial charge in [0.2, 0.25) is 0 Å². The number of rotatable bonds is 7. The summed E-state index contributed by atoms with van der Waals surface area (Å²) in [5.41, 5.74) is 17.7. The lowest BCUT2D eigenvalue weighted by molar-refractivity contribution is 0.488. The van der Waals surface area contributed by atoms with Gasteiger partial charge in [0.25, 0.3) is 6.71 Å². The minimum Gasteiger partial charge on any atom is -0.458 e. The molecule has 0 atom stereocenters. The summed E-state index contributed by atoms with van der Waals surface area (Å²) in [6.07, 6.45) is 0. The lowest BCUT2D eigenvalue weighted by Crippen LogP contribution is -2.59. The fourth-order valence-electron chi connectivity index (χ4n) is 12.8. The van der Waals surface area contributed by atoms with Crippen molar-refractivity contribution < 1.29 is 13.6 Å². The Labute approximate surface area is 457 Å². The number of hydrogen-bond acceptors (Lipinski definition) is 6. The highest BCUT2D eigenvalue weighted by molar-refractivity contribution is 6.99. The first-order valence-electron chi connectivity index (χ1n) is 27.2. The van der Waals surface area contributed by atoms with Crippen molar-refractivity contribution >= 4 is 140 Å². The van der Waals surface area contributed by atoms with Gasteiger partial charge in [0.05, 0.1) is 0 Å². The molecule has 2 aliphatic rings. The summed E-state index contributed by atoms with van der Waals surface area (Å²) in [7, 11) is 0. The van der Waals surface area contributed by atoms with E-state index in [9.17, 15) is 0 Å². The second-order valence-electron chi connectivity index (χ2n) is 22.0. The fourth-order valence-corrected chi connectivity index (χ4v) is 12.8. The van der Waals surface area contributed by atoms with Crippen molar-refractivity contribution in [1.29, 1.82) is 0 Å². The highest BCUT2D eigenvalue weighted by Gasteiger charge is 2.43. The topological polar surface area (TPSA) is 45.2 Å². The van der Waals surface area contributed by atoms with E-state index in [1.807, 2.05) is 0 Å². The van der Waals surface area contributed by atoms with E-state index in [-0.39, 0.29) is 12.1 Å². The van der Waals surface area contributed by atoms with E-state index in [0.717, 1.165) is 144 Å². The third-order valence-electron chi connectivity index (χ3n) is 16.3. The quantitative estimate of drug-likeness (QED) is 0.148. The maximum Gasteiger partial charge on any atom is 0.256 e. The van der Waals surface area contributed by atoms with Gasteiger partial charge in [-0.2, -0.15) is 0 Å². The van der Waals surface area contributed by atoms with E-state index in [1.54, 1.807) is 0 Å². The van der Waals surface area contributed by atoms with Gasteiger partial charge in [-0.3, -0.25) is 0 Å². The van der Waals surface area contributed by atoms with Crippen molar-refractivity contribution in [2.45, 2.75) is 26.2 Å². The molecule has 2 aromatic heterocycles. The average Bonchev–Trinajstić information content (AvgIpc) is 4.00. The number of ether oxygens (including phenoxy) is 1. The van der Waals surface area contributed by atoms with Crippen molar-refractivity contribution in [2.75, 3.05) is 14.7 Å². The number of benzene rings is 12. The zero-order valence-corrected chi connectivity index (χ0v) is 43.8. The van der Waals surface area contributed by atoms with E-state index in [0.29, 0.717) is 0 Å². The molecule has 0 saturated heterocycles. The highest BCUT2D eigenvalue weighted by atomic mass is 16.5. The van der Waals surface area contributed by atoms with Crippen LogP contribution >= 0.6 is 0 Å². The minimum absolute atomic E-state index is 0.145. The van der Waals surface area contributed by atoms with E-state index in [4.69, 9.17) is 13.6 Å². The van der Waals surface area contributed by atoms with Crippen LogP contribution in [0.5, 0.6) is 11.5 Å². The predicted molar refractivity (Wildman–Crippen MR) is 330 cm³/mol. The molecule has 16 rings (SSSR count). The lowest BCUT2D eigenvalue weighted by Gasteiger charge is -2.41. The molecule has 0 radical (unpaired) electrons. The van der Waals surface area contributed by atoms with Gasteiger partial charge < -0.3 is 28.3 Å². The maximum absolute atomic E-state index is 7.18. The van der Waals surface area contributed by atoms with Gasteiger partial charge in [0, 0.05) is 83.5 Å². The van der Waals surface area contributed by atoms with Crippen molar-refractivity contribution in [2.24, 2.45) is 0 Å². The molecule has 6 nitrogen and oxygen atoms in total. The highest BCUT2D eigenvalue weighted by Crippen LogP contribution is 2.48. The van der Waals surface area contributed by atoms with Crippen LogP contribution in [0.15, 0.2) is 258 Å². The molecule has 0 amide bonds. The molecule has 0 spiro atoms. The Hall–Kier alpha value is -9.98. The zero-order valence-electron chi connectivity index (χ0n) is 43.8. The fraction of sp³-hybridized carbons (Fsp3) is 0.0556. The number of anilines is 9. The SMILES string of the molecule is CC(C)(C)c1ccccc1N1c2cc3c(cc2B2c4cc5oc6c7ccc(N(c8ccccc8)c8ccccc8)cc7ccc6c5cc4Oc4cccc1c42)oc1c2ccc(N(c4ccccc4)c4ccccc4)cc2ccc31. The standard InChI is InChI=1S/C72H50BN3O3/c1-72(2,3)59-27-16-17-28-62(59)76-63-29-18-30-65-69(63)73(60-43-66-57(41-64(60)76)55-35-31-45-39-51(33-37-53(45)70(55)78-66)74(47-19-8-4-9-20-47)48-21-10-5-11-22-48)61-44-67-58(42-68(61)77-65)56-36-32-46-40-52(34-38-54(46)71(56)79-67)75(49-23-12-6-13-24-49)50-25-14-7-15-26-50/h4-44H,1-3H3. The van der Waals surface area contributed by atoms with Crippen LogP contribution in [-0.2, 0) is 5.41 Å². The molecule has 14 aromatic rings. The van der Waals surface area contributed by atoms with Gasteiger partial charge >= 0.3 is 0 Å². The van der Waals surface area contributed by atoms with Gasteiger partial charge in [-0.25, -0.2) is 0 Å².